The van der Waals surface area contributed by atoms with E-state index in [-0.39, 0.29) is 25.6 Å². The maximum atomic E-state index is 12.2. The van der Waals surface area contributed by atoms with Crippen LogP contribution in [0.5, 0.6) is 5.75 Å². The lowest BCUT2D eigenvalue weighted by Crippen LogP contribution is -2.48. The van der Waals surface area contributed by atoms with Gasteiger partial charge < -0.3 is 15.2 Å². The Labute approximate surface area is 140 Å². The number of carboxylic acids is 1. The summed E-state index contributed by atoms with van der Waals surface area (Å²) in [6, 6.07) is 6.99. The smallest absolute Gasteiger partial charge is 0.311 e. The van der Waals surface area contributed by atoms with E-state index < -0.39 is 17.3 Å². The highest BCUT2D eigenvalue weighted by Gasteiger charge is 2.35. The number of fused-ring (bicyclic) bond motifs is 1. The molecule has 0 unspecified atom stereocenters. The molecule has 0 spiro atoms. The van der Waals surface area contributed by atoms with Crippen molar-refractivity contribution in [3.63, 3.8) is 0 Å². The molecule has 7 nitrogen and oxygen atoms in total. The number of carbonyl (C=O) groups is 3. The lowest BCUT2D eigenvalue weighted by Gasteiger charge is -2.30. The average molecular weight is 334 g/mol. The molecule has 1 aliphatic rings. The SMILES string of the molecule is CCC(CC)(CNC(=O)CN1C(=O)COc2ccccc21)C(=O)O. The van der Waals surface area contributed by atoms with Crippen molar-refractivity contribution in [3.05, 3.63) is 24.3 Å². The maximum absolute atomic E-state index is 12.2. The summed E-state index contributed by atoms with van der Waals surface area (Å²) >= 11 is 0. The second-order valence-corrected chi connectivity index (χ2v) is 5.81. The minimum Gasteiger partial charge on any atom is -0.482 e. The van der Waals surface area contributed by atoms with E-state index >= 15 is 0 Å². The molecule has 0 bridgehead atoms. The molecular weight excluding hydrogens is 312 g/mol. The standard InChI is InChI=1S/C17H22N2O5/c1-3-17(4-2,16(22)23)11-18-14(20)9-19-12-7-5-6-8-13(12)24-10-15(19)21/h5-8H,3-4,9-11H2,1-2H3,(H,18,20)(H,22,23). The number of hydrogen-bond acceptors (Lipinski definition) is 4. The maximum Gasteiger partial charge on any atom is 0.311 e. The third kappa shape index (κ3) is 3.50. The molecule has 0 fully saturated rings. The van der Waals surface area contributed by atoms with E-state index in [0.29, 0.717) is 24.3 Å². The van der Waals surface area contributed by atoms with Gasteiger partial charge in [-0.1, -0.05) is 26.0 Å². The van der Waals surface area contributed by atoms with Crippen LogP contribution in [0.15, 0.2) is 24.3 Å². The molecule has 0 radical (unpaired) electrons. The van der Waals surface area contributed by atoms with Crippen molar-refractivity contribution < 1.29 is 24.2 Å². The Bertz CT molecular complexity index is 640. The molecule has 0 atom stereocenters. The second-order valence-electron chi connectivity index (χ2n) is 5.81. The van der Waals surface area contributed by atoms with E-state index in [0.717, 1.165) is 0 Å². The number of rotatable bonds is 7. The number of aliphatic carboxylic acids is 1. The van der Waals surface area contributed by atoms with Gasteiger partial charge in [0, 0.05) is 6.54 Å². The number of nitrogens with one attached hydrogen (secondary N) is 1. The Balaban J connectivity index is 2.05. The number of benzene rings is 1. The Morgan fingerprint density at radius 3 is 2.58 bits per heavy atom. The highest BCUT2D eigenvalue weighted by molar-refractivity contribution is 6.02. The molecular formula is C17H22N2O5. The number of carbonyl (C=O) groups excluding carboxylic acids is 2. The molecule has 24 heavy (non-hydrogen) atoms. The molecule has 130 valence electrons. The van der Waals surface area contributed by atoms with E-state index in [2.05, 4.69) is 5.32 Å². The fourth-order valence-electron chi connectivity index (χ4n) is 2.67. The summed E-state index contributed by atoms with van der Waals surface area (Å²) in [5.74, 6) is -1.08. The van der Waals surface area contributed by atoms with E-state index in [1.165, 1.54) is 4.90 Å². The third-order valence-corrected chi connectivity index (χ3v) is 4.54. The number of carboxylic acid groups (broad SMARTS) is 1. The predicted molar refractivity (Wildman–Crippen MR) is 88.0 cm³/mol. The molecule has 0 saturated heterocycles. The van der Waals surface area contributed by atoms with Gasteiger partial charge in [0.05, 0.1) is 11.1 Å². The van der Waals surface area contributed by atoms with Gasteiger partial charge in [-0.15, -0.1) is 0 Å². The van der Waals surface area contributed by atoms with Crippen LogP contribution in [0.3, 0.4) is 0 Å². The first-order valence-electron chi connectivity index (χ1n) is 7.96. The summed E-state index contributed by atoms with van der Waals surface area (Å²) in [4.78, 5) is 37.1. The van der Waals surface area contributed by atoms with Crippen LogP contribution in [0.2, 0.25) is 0 Å². The van der Waals surface area contributed by atoms with E-state index in [4.69, 9.17) is 4.74 Å². The van der Waals surface area contributed by atoms with Gasteiger partial charge in [0.25, 0.3) is 5.91 Å². The molecule has 2 amide bonds. The Morgan fingerprint density at radius 1 is 1.29 bits per heavy atom. The number of para-hydroxylation sites is 2. The monoisotopic (exact) mass is 334 g/mol. The molecule has 0 aliphatic carbocycles. The molecule has 1 heterocycles. The summed E-state index contributed by atoms with van der Waals surface area (Å²) in [6.45, 7) is 3.32. The zero-order valence-electron chi connectivity index (χ0n) is 13.9. The van der Waals surface area contributed by atoms with Crippen LogP contribution in [-0.4, -0.2) is 42.6 Å². The van der Waals surface area contributed by atoms with Crippen LogP contribution < -0.4 is 15.0 Å². The zero-order chi connectivity index (χ0) is 17.7. The lowest BCUT2D eigenvalue weighted by atomic mass is 9.82. The summed E-state index contributed by atoms with van der Waals surface area (Å²) < 4.78 is 5.33. The van der Waals surface area contributed by atoms with Crippen LogP contribution in [-0.2, 0) is 14.4 Å². The molecule has 0 saturated carbocycles. The van der Waals surface area contributed by atoms with Gasteiger partial charge in [0.2, 0.25) is 5.91 Å². The van der Waals surface area contributed by atoms with Crippen molar-refractivity contribution in [1.82, 2.24) is 5.32 Å². The summed E-state index contributed by atoms with van der Waals surface area (Å²) in [7, 11) is 0. The minimum atomic E-state index is -0.984. The molecule has 1 aromatic rings. The van der Waals surface area contributed by atoms with Crippen molar-refractivity contribution in [2.75, 3.05) is 24.6 Å². The molecule has 2 N–H and O–H groups in total. The largest absolute Gasteiger partial charge is 0.482 e. The van der Waals surface area contributed by atoms with E-state index in [1.54, 1.807) is 38.1 Å². The predicted octanol–water partition coefficient (Wildman–Crippen LogP) is 1.42. The van der Waals surface area contributed by atoms with Crippen molar-refractivity contribution in [2.24, 2.45) is 5.41 Å². The quantitative estimate of drug-likeness (QED) is 0.786. The lowest BCUT2D eigenvalue weighted by molar-refractivity contribution is -0.149. The number of nitrogens with zero attached hydrogens (tertiary/aromatic N) is 1. The van der Waals surface area contributed by atoms with Gasteiger partial charge in [-0.2, -0.15) is 0 Å². The Kier molecular flexibility index (Phi) is 5.43. The van der Waals surface area contributed by atoms with Crippen LogP contribution in [0.1, 0.15) is 26.7 Å². The highest BCUT2D eigenvalue weighted by Crippen LogP contribution is 2.31. The molecule has 0 aromatic heterocycles. The van der Waals surface area contributed by atoms with Crippen LogP contribution >= 0.6 is 0 Å². The molecule has 7 heteroatoms. The number of hydrogen-bond donors (Lipinski definition) is 2. The van der Waals surface area contributed by atoms with Crippen molar-refractivity contribution in [3.8, 4) is 5.75 Å². The van der Waals surface area contributed by atoms with E-state index in [1.807, 2.05) is 0 Å². The highest BCUT2D eigenvalue weighted by atomic mass is 16.5. The van der Waals surface area contributed by atoms with Crippen LogP contribution in [0.25, 0.3) is 0 Å². The number of amides is 2. The molecule has 2 rings (SSSR count). The van der Waals surface area contributed by atoms with Gasteiger partial charge in [-0.05, 0) is 25.0 Å². The zero-order valence-corrected chi connectivity index (χ0v) is 13.9. The van der Waals surface area contributed by atoms with Crippen molar-refractivity contribution in [2.45, 2.75) is 26.7 Å². The first-order chi connectivity index (χ1) is 11.4. The van der Waals surface area contributed by atoms with Gasteiger partial charge >= 0.3 is 5.97 Å². The Hall–Kier alpha value is -2.57. The minimum absolute atomic E-state index is 0.0361. The van der Waals surface area contributed by atoms with Gasteiger partial charge in [0.15, 0.2) is 6.61 Å². The van der Waals surface area contributed by atoms with Crippen molar-refractivity contribution >= 4 is 23.5 Å². The summed E-state index contributed by atoms with van der Waals surface area (Å²) in [5, 5.41) is 12.0. The van der Waals surface area contributed by atoms with Gasteiger partial charge in [-0.25, -0.2) is 0 Å². The fourth-order valence-corrected chi connectivity index (χ4v) is 2.67. The molecule has 1 aromatic carbocycles. The number of anilines is 1. The third-order valence-electron chi connectivity index (χ3n) is 4.54. The second kappa shape index (κ2) is 7.33. The first-order valence-corrected chi connectivity index (χ1v) is 7.96. The van der Waals surface area contributed by atoms with Crippen LogP contribution in [0.4, 0.5) is 5.69 Å². The average Bonchev–Trinajstić information content (AvgIpc) is 2.58. The van der Waals surface area contributed by atoms with Gasteiger partial charge in [0.1, 0.15) is 12.3 Å². The fraction of sp³-hybridized carbons (Fsp3) is 0.471. The van der Waals surface area contributed by atoms with Gasteiger partial charge in [-0.3, -0.25) is 19.3 Å². The Morgan fingerprint density at radius 2 is 1.96 bits per heavy atom. The normalized spacial score (nSPS) is 13.9. The topological polar surface area (TPSA) is 95.9 Å². The van der Waals surface area contributed by atoms with Crippen molar-refractivity contribution in [1.29, 1.82) is 0 Å². The summed E-state index contributed by atoms with van der Waals surface area (Å²) in [5.41, 5.74) is -0.442. The molecule has 1 aliphatic heterocycles. The summed E-state index contributed by atoms with van der Waals surface area (Å²) in [6.07, 6.45) is 0.830. The first kappa shape index (κ1) is 17.8. The number of ether oxygens (including phenoxy) is 1. The van der Waals surface area contributed by atoms with E-state index in [9.17, 15) is 19.5 Å². The van der Waals surface area contributed by atoms with Crippen LogP contribution in [0, 0.1) is 5.41 Å².